The molecule has 1 saturated carbocycles. The van der Waals surface area contributed by atoms with Gasteiger partial charge in [0.2, 0.25) is 0 Å². The van der Waals surface area contributed by atoms with Gasteiger partial charge in [0, 0.05) is 25.6 Å². The first-order chi connectivity index (χ1) is 7.11. The summed E-state index contributed by atoms with van der Waals surface area (Å²) in [5.74, 6) is 0.695. The first kappa shape index (κ1) is 13.5. The molecular formula is C14H26N2. The second kappa shape index (κ2) is 5.19. The van der Waals surface area contributed by atoms with Crippen molar-refractivity contribution in [2.75, 3.05) is 13.1 Å². The molecule has 2 nitrogen and oxygen atoms in total. The highest BCUT2D eigenvalue weighted by Gasteiger charge is 2.39. The zero-order valence-corrected chi connectivity index (χ0v) is 10.00. The molecule has 2 fully saturated rings. The summed E-state index contributed by atoms with van der Waals surface area (Å²) >= 11 is 0. The fraction of sp³-hybridized carbons (Fsp3) is 0.929. The van der Waals surface area contributed by atoms with E-state index in [1.54, 1.807) is 0 Å². The van der Waals surface area contributed by atoms with Gasteiger partial charge >= 0.3 is 0 Å². The molecule has 0 unspecified atom stereocenters. The van der Waals surface area contributed by atoms with Crippen LogP contribution < -0.4 is 0 Å². The predicted octanol–water partition coefficient (Wildman–Crippen LogP) is 3.44. The van der Waals surface area contributed by atoms with Crippen LogP contribution in [0.5, 0.6) is 0 Å². The molecule has 1 heterocycles. The fourth-order valence-corrected chi connectivity index (χ4v) is 3.15. The van der Waals surface area contributed by atoms with E-state index in [4.69, 9.17) is 5.26 Å². The fourth-order valence-electron chi connectivity index (χ4n) is 3.15. The molecule has 0 aromatic rings. The Morgan fingerprint density at radius 1 is 1.19 bits per heavy atom. The highest BCUT2D eigenvalue weighted by molar-refractivity contribution is 4.93. The third-order valence-corrected chi connectivity index (χ3v) is 3.97. The maximum absolute atomic E-state index is 8.66. The summed E-state index contributed by atoms with van der Waals surface area (Å²) < 4.78 is 0. The summed E-state index contributed by atoms with van der Waals surface area (Å²) in [7, 11) is 0. The van der Waals surface area contributed by atoms with Gasteiger partial charge in [0.1, 0.15) is 0 Å². The van der Waals surface area contributed by atoms with E-state index in [1.165, 1.54) is 38.8 Å². The topological polar surface area (TPSA) is 27.0 Å². The maximum atomic E-state index is 8.66. The summed E-state index contributed by atoms with van der Waals surface area (Å²) in [6, 6.07) is 3.14. The Morgan fingerprint density at radius 2 is 1.75 bits per heavy atom. The molecule has 0 aromatic carbocycles. The Kier molecular flexibility index (Phi) is 4.38. The van der Waals surface area contributed by atoms with Gasteiger partial charge in [-0.2, -0.15) is 5.26 Å². The van der Waals surface area contributed by atoms with Crippen molar-refractivity contribution >= 4 is 0 Å². The Labute approximate surface area is 101 Å². The molecule has 1 aliphatic heterocycles. The predicted molar refractivity (Wildman–Crippen MR) is 68.1 cm³/mol. The van der Waals surface area contributed by atoms with Crippen LogP contribution in [0.2, 0.25) is 0 Å². The molecule has 0 atom stereocenters. The summed E-state index contributed by atoms with van der Waals surface area (Å²) in [4.78, 5) is 2.64. The Bertz CT molecular complexity index is 248. The van der Waals surface area contributed by atoms with Crippen LogP contribution >= 0.6 is 0 Å². The van der Waals surface area contributed by atoms with E-state index in [2.05, 4.69) is 24.8 Å². The Hall–Kier alpha value is -0.550. The molecule has 0 aromatic heterocycles. The van der Waals surface area contributed by atoms with Crippen LogP contribution in [-0.4, -0.2) is 24.0 Å². The van der Waals surface area contributed by atoms with E-state index in [1.807, 2.05) is 0 Å². The lowest BCUT2D eigenvalue weighted by atomic mass is 9.78. The smallest absolute Gasteiger partial charge is 0.0624 e. The van der Waals surface area contributed by atoms with Gasteiger partial charge in [-0.05, 0) is 37.0 Å². The second-order valence-electron chi connectivity index (χ2n) is 6.11. The van der Waals surface area contributed by atoms with E-state index in [9.17, 15) is 0 Å². The normalized spacial score (nSPS) is 33.3. The monoisotopic (exact) mass is 222 g/mol. The molecular weight excluding hydrogens is 196 g/mol. The van der Waals surface area contributed by atoms with Gasteiger partial charge in [-0.3, -0.25) is 4.90 Å². The maximum Gasteiger partial charge on any atom is 0.0624 e. The summed E-state index contributed by atoms with van der Waals surface area (Å²) in [6.07, 6.45) is 5.97. The quantitative estimate of drug-likeness (QED) is 0.715. The number of nitriles is 1. The van der Waals surface area contributed by atoms with Gasteiger partial charge in [0.25, 0.3) is 0 Å². The molecule has 1 aliphatic carbocycles. The van der Waals surface area contributed by atoms with E-state index in [-0.39, 0.29) is 7.43 Å². The van der Waals surface area contributed by atoms with Crippen molar-refractivity contribution in [1.82, 2.24) is 4.90 Å². The van der Waals surface area contributed by atoms with Gasteiger partial charge < -0.3 is 0 Å². The Morgan fingerprint density at radius 3 is 2.19 bits per heavy atom. The summed E-state index contributed by atoms with van der Waals surface area (Å²) in [6.45, 7) is 7.26. The van der Waals surface area contributed by atoms with Crippen LogP contribution in [0.3, 0.4) is 0 Å². The number of hydrogen-bond donors (Lipinski definition) is 0. The van der Waals surface area contributed by atoms with Gasteiger partial charge in [-0.1, -0.05) is 21.3 Å². The molecule has 0 N–H and O–H groups in total. The van der Waals surface area contributed by atoms with Gasteiger partial charge in [-0.15, -0.1) is 0 Å². The third-order valence-electron chi connectivity index (χ3n) is 3.97. The van der Waals surface area contributed by atoms with Gasteiger partial charge in [-0.25, -0.2) is 0 Å². The van der Waals surface area contributed by atoms with Crippen molar-refractivity contribution in [1.29, 1.82) is 5.26 Å². The molecule has 0 bridgehead atoms. The summed E-state index contributed by atoms with van der Waals surface area (Å²) in [5.41, 5.74) is 0.559. The van der Waals surface area contributed by atoms with Crippen LogP contribution in [0, 0.1) is 22.7 Å². The van der Waals surface area contributed by atoms with Crippen molar-refractivity contribution in [2.45, 2.75) is 59.4 Å². The van der Waals surface area contributed by atoms with Crippen LogP contribution in [0.15, 0.2) is 0 Å². The first-order valence-corrected chi connectivity index (χ1v) is 6.22. The zero-order valence-electron chi connectivity index (χ0n) is 10.00. The van der Waals surface area contributed by atoms with Gasteiger partial charge in [0.05, 0.1) is 6.07 Å². The average Bonchev–Trinajstić information content (AvgIpc) is 2.16. The molecule has 2 heteroatoms. The van der Waals surface area contributed by atoms with Crippen molar-refractivity contribution in [2.24, 2.45) is 11.3 Å². The highest BCUT2D eigenvalue weighted by atomic mass is 15.2. The van der Waals surface area contributed by atoms with Gasteiger partial charge in [0.15, 0.2) is 0 Å². The van der Waals surface area contributed by atoms with Crippen molar-refractivity contribution < 1.29 is 0 Å². The van der Waals surface area contributed by atoms with Crippen molar-refractivity contribution in [3.63, 3.8) is 0 Å². The minimum Gasteiger partial charge on any atom is -0.299 e. The van der Waals surface area contributed by atoms with Crippen molar-refractivity contribution in [3.05, 3.63) is 0 Å². The first-order valence-electron chi connectivity index (χ1n) is 6.22. The summed E-state index contributed by atoms with van der Waals surface area (Å²) in [5, 5.41) is 8.66. The van der Waals surface area contributed by atoms with E-state index >= 15 is 0 Å². The van der Waals surface area contributed by atoms with Crippen molar-refractivity contribution in [3.8, 4) is 6.07 Å². The lowest BCUT2D eigenvalue weighted by Crippen LogP contribution is -2.57. The number of nitrogens with zero attached hydrogens (tertiary/aromatic N) is 2. The van der Waals surface area contributed by atoms with Crippen LogP contribution in [-0.2, 0) is 0 Å². The van der Waals surface area contributed by atoms with Crippen LogP contribution in [0.4, 0.5) is 0 Å². The molecule has 92 valence electrons. The SMILES string of the molecule is C.CC1(C)CN(C2CCC(CC#N)CC2)C1. The molecule has 0 spiro atoms. The highest BCUT2D eigenvalue weighted by Crippen LogP contribution is 2.37. The molecule has 2 aliphatic rings. The molecule has 16 heavy (non-hydrogen) atoms. The minimum absolute atomic E-state index is 0. The van der Waals surface area contributed by atoms with Crippen LogP contribution in [0.1, 0.15) is 53.4 Å². The Balaban J connectivity index is 0.00000128. The lowest BCUT2D eigenvalue weighted by molar-refractivity contribution is -0.0220. The average molecular weight is 222 g/mol. The molecule has 0 radical (unpaired) electrons. The third kappa shape index (κ3) is 2.98. The van der Waals surface area contributed by atoms with E-state index in [0.29, 0.717) is 11.3 Å². The number of rotatable bonds is 2. The minimum atomic E-state index is 0. The van der Waals surface area contributed by atoms with E-state index in [0.717, 1.165) is 12.5 Å². The standard InChI is InChI=1S/C13H22N2.CH4/c1-13(2)9-15(10-13)12-5-3-11(4-6-12)7-8-14;/h11-12H,3-7,9-10H2,1-2H3;1H4. The lowest BCUT2D eigenvalue weighted by Gasteiger charge is -2.51. The number of likely N-dealkylation sites (tertiary alicyclic amines) is 1. The van der Waals surface area contributed by atoms with Crippen LogP contribution in [0.25, 0.3) is 0 Å². The molecule has 1 saturated heterocycles. The second-order valence-corrected chi connectivity index (χ2v) is 6.11. The van der Waals surface area contributed by atoms with E-state index < -0.39 is 0 Å². The molecule has 2 rings (SSSR count). The zero-order chi connectivity index (χ0) is 10.9. The molecule has 0 amide bonds. The number of hydrogen-bond acceptors (Lipinski definition) is 2. The largest absolute Gasteiger partial charge is 0.299 e.